The SMILES string of the molecule is Cc1ccncc1-c1noc(-c2ccc(C(=O)O)cc2)n1. The summed E-state index contributed by atoms with van der Waals surface area (Å²) in [6.45, 7) is 1.94. The highest BCUT2D eigenvalue weighted by atomic mass is 16.5. The van der Waals surface area contributed by atoms with E-state index in [4.69, 9.17) is 9.63 Å². The van der Waals surface area contributed by atoms with E-state index in [2.05, 4.69) is 15.1 Å². The minimum Gasteiger partial charge on any atom is -0.478 e. The van der Waals surface area contributed by atoms with Crippen molar-refractivity contribution in [2.45, 2.75) is 6.92 Å². The van der Waals surface area contributed by atoms with E-state index >= 15 is 0 Å². The van der Waals surface area contributed by atoms with Gasteiger partial charge in [-0.25, -0.2) is 4.79 Å². The average molecular weight is 281 g/mol. The molecular formula is C15H11N3O3. The van der Waals surface area contributed by atoms with Gasteiger partial charge >= 0.3 is 5.97 Å². The molecule has 0 aliphatic heterocycles. The fraction of sp³-hybridized carbons (Fsp3) is 0.0667. The summed E-state index contributed by atoms with van der Waals surface area (Å²) in [6, 6.07) is 8.13. The van der Waals surface area contributed by atoms with Gasteiger partial charge in [-0.05, 0) is 42.8 Å². The molecule has 0 atom stereocenters. The summed E-state index contributed by atoms with van der Waals surface area (Å²) in [5.41, 5.74) is 2.68. The average Bonchev–Trinajstić information content (AvgIpc) is 2.97. The molecule has 6 heteroatoms. The van der Waals surface area contributed by atoms with E-state index in [-0.39, 0.29) is 5.56 Å². The summed E-state index contributed by atoms with van der Waals surface area (Å²) in [7, 11) is 0. The van der Waals surface area contributed by atoms with Crippen LogP contribution in [-0.2, 0) is 0 Å². The zero-order valence-corrected chi connectivity index (χ0v) is 11.1. The Kier molecular flexibility index (Phi) is 3.19. The number of aromatic carboxylic acids is 1. The number of aryl methyl sites for hydroxylation is 1. The van der Waals surface area contributed by atoms with Gasteiger partial charge < -0.3 is 9.63 Å². The van der Waals surface area contributed by atoms with Crippen molar-refractivity contribution in [3.8, 4) is 22.8 Å². The Morgan fingerprint density at radius 3 is 2.62 bits per heavy atom. The molecule has 2 aromatic heterocycles. The van der Waals surface area contributed by atoms with E-state index in [1.807, 2.05) is 13.0 Å². The molecule has 1 N–H and O–H groups in total. The molecule has 0 saturated heterocycles. The third kappa shape index (κ3) is 2.51. The van der Waals surface area contributed by atoms with Crippen molar-refractivity contribution in [3.05, 3.63) is 53.9 Å². The molecule has 0 aliphatic rings. The molecule has 0 amide bonds. The zero-order valence-electron chi connectivity index (χ0n) is 11.1. The number of aromatic nitrogens is 3. The molecule has 0 saturated carbocycles. The number of carboxylic acids is 1. The number of carboxylic acid groups (broad SMARTS) is 1. The minimum absolute atomic E-state index is 0.210. The number of nitrogens with zero attached hydrogens (tertiary/aromatic N) is 3. The molecule has 0 spiro atoms. The normalized spacial score (nSPS) is 10.5. The summed E-state index contributed by atoms with van der Waals surface area (Å²) in [5.74, 6) is -0.179. The number of pyridine rings is 1. The maximum absolute atomic E-state index is 10.8. The van der Waals surface area contributed by atoms with Gasteiger partial charge in [-0.3, -0.25) is 4.98 Å². The summed E-state index contributed by atoms with van der Waals surface area (Å²) in [6.07, 6.45) is 3.38. The van der Waals surface area contributed by atoms with Crippen LogP contribution in [0.1, 0.15) is 15.9 Å². The fourth-order valence-electron chi connectivity index (χ4n) is 1.90. The third-order valence-corrected chi connectivity index (χ3v) is 3.08. The zero-order chi connectivity index (χ0) is 14.8. The largest absolute Gasteiger partial charge is 0.478 e. The van der Waals surface area contributed by atoms with Gasteiger partial charge in [-0.1, -0.05) is 5.16 Å². The maximum atomic E-state index is 10.8. The second kappa shape index (κ2) is 5.16. The predicted octanol–water partition coefficient (Wildman–Crippen LogP) is 2.81. The van der Waals surface area contributed by atoms with E-state index in [0.29, 0.717) is 17.3 Å². The van der Waals surface area contributed by atoms with Crippen molar-refractivity contribution >= 4 is 5.97 Å². The van der Waals surface area contributed by atoms with Gasteiger partial charge in [0.05, 0.1) is 5.56 Å². The second-order valence-electron chi connectivity index (χ2n) is 4.50. The first-order valence-corrected chi connectivity index (χ1v) is 6.23. The molecule has 0 bridgehead atoms. The molecule has 0 fully saturated rings. The smallest absolute Gasteiger partial charge is 0.335 e. The highest BCUT2D eigenvalue weighted by Gasteiger charge is 2.13. The monoisotopic (exact) mass is 281 g/mol. The third-order valence-electron chi connectivity index (χ3n) is 3.08. The van der Waals surface area contributed by atoms with Crippen LogP contribution in [0.4, 0.5) is 0 Å². The molecular weight excluding hydrogens is 270 g/mol. The van der Waals surface area contributed by atoms with Crippen molar-refractivity contribution in [2.24, 2.45) is 0 Å². The Labute approximate surface area is 120 Å². The molecule has 1 aromatic carbocycles. The summed E-state index contributed by atoms with van der Waals surface area (Å²) < 4.78 is 5.22. The van der Waals surface area contributed by atoms with Crippen LogP contribution in [0.2, 0.25) is 0 Å². The van der Waals surface area contributed by atoms with Crippen LogP contribution in [0.3, 0.4) is 0 Å². The Hall–Kier alpha value is -3.02. The summed E-state index contributed by atoms with van der Waals surface area (Å²) in [4.78, 5) is 19.2. The molecule has 0 unspecified atom stereocenters. The van der Waals surface area contributed by atoms with Crippen molar-refractivity contribution in [3.63, 3.8) is 0 Å². The van der Waals surface area contributed by atoms with Gasteiger partial charge in [-0.2, -0.15) is 4.98 Å². The number of carbonyl (C=O) groups is 1. The lowest BCUT2D eigenvalue weighted by molar-refractivity contribution is 0.0697. The maximum Gasteiger partial charge on any atom is 0.335 e. The van der Waals surface area contributed by atoms with Crippen LogP contribution in [-0.4, -0.2) is 26.2 Å². The van der Waals surface area contributed by atoms with E-state index in [9.17, 15) is 4.79 Å². The van der Waals surface area contributed by atoms with Gasteiger partial charge in [0.15, 0.2) is 0 Å². The van der Waals surface area contributed by atoms with Gasteiger partial charge in [0.25, 0.3) is 5.89 Å². The second-order valence-corrected chi connectivity index (χ2v) is 4.50. The topological polar surface area (TPSA) is 89.1 Å². The summed E-state index contributed by atoms with van der Waals surface area (Å²) in [5, 5.41) is 12.8. The van der Waals surface area contributed by atoms with Crippen molar-refractivity contribution < 1.29 is 14.4 Å². The molecule has 3 rings (SSSR count). The van der Waals surface area contributed by atoms with Gasteiger partial charge in [0, 0.05) is 23.5 Å². The summed E-state index contributed by atoms with van der Waals surface area (Å²) >= 11 is 0. The Balaban J connectivity index is 1.95. The van der Waals surface area contributed by atoms with Crippen LogP contribution < -0.4 is 0 Å². The first-order chi connectivity index (χ1) is 10.1. The standard InChI is InChI=1S/C15H11N3O3/c1-9-6-7-16-8-12(9)13-17-14(21-18-13)10-2-4-11(5-3-10)15(19)20/h2-8H,1H3,(H,19,20). The van der Waals surface area contributed by atoms with Crippen LogP contribution in [0, 0.1) is 6.92 Å². The fourth-order valence-corrected chi connectivity index (χ4v) is 1.90. The molecule has 0 radical (unpaired) electrons. The lowest BCUT2D eigenvalue weighted by Gasteiger charge is -1.97. The van der Waals surface area contributed by atoms with Crippen molar-refractivity contribution in [1.29, 1.82) is 0 Å². The number of hydrogen-bond acceptors (Lipinski definition) is 5. The highest BCUT2D eigenvalue weighted by molar-refractivity contribution is 5.88. The van der Waals surface area contributed by atoms with E-state index in [1.165, 1.54) is 12.1 Å². The van der Waals surface area contributed by atoms with Crippen LogP contribution in [0.5, 0.6) is 0 Å². The Morgan fingerprint density at radius 1 is 1.19 bits per heavy atom. The molecule has 21 heavy (non-hydrogen) atoms. The Morgan fingerprint density at radius 2 is 1.95 bits per heavy atom. The quantitative estimate of drug-likeness (QED) is 0.794. The molecule has 6 nitrogen and oxygen atoms in total. The number of benzene rings is 1. The lowest BCUT2D eigenvalue weighted by Crippen LogP contribution is -1.94. The van der Waals surface area contributed by atoms with E-state index in [1.54, 1.807) is 24.5 Å². The highest BCUT2D eigenvalue weighted by Crippen LogP contribution is 2.23. The molecule has 3 aromatic rings. The minimum atomic E-state index is -0.973. The van der Waals surface area contributed by atoms with Gasteiger partial charge in [0.2, 0.25) is 5.82 Å². The Bertz CT molecular complexity index is 794. The number of rotatable bonds is 3. The molecule has 104 valence electrons. The van der Waals surface area contributed by atoms with Crippen molar-refractivity contribution in [1.82, 2.24) is 15.1 Å². The van der Waals surface area contributed by atoms with E-state index < -0.39 is 5.97 Å². The van der Waals surface area contributed by atoms with Crippen LogP contribution in [0.25, 0.3) is 22.8 Å². The van der Waals surface area contributed by atoms with Gasteiger partial charge in [0.1, 0.15) is 0 Å². The van der Waals surface area contributed by atoms with Crippen LogP contribution in [0.15, 0.2) is 47.2 Å². The first-order valence-electron chi connectivity index (χ1n) is 6.23. The van der Waals surface area contributed by atoms with Crippen molar-refractivity contribution in [2.75, 3.05) is 0 Å². The lowest BCUT2D eigenvalue weighted by atomic mass is 10.1. The van der Waals surface area contributed by atoms with E-state index in [0.717, 1.165) is 11.1 Å². The van der Waals surface area contributed by atoms with Gasteiger partial charge in [-0.15, -0.1) is 0 Å². The number of hydrogen-bond donors (Lipinski definition) is 1. The predicted molar refractivity (Wildman–Crippen MR) is 74.7 cm³/mol. The molecule has 2 heterocycles. The molecule has 0 aliphatic carbocycles. The van der Waals surface area contributed by atoms with Crippen LogP contribution >= 0.6 is 0 Å². The first kappa shape index (κ1) is 13.0.